The molecular weight excluding hydrogens is 326 g/mol. The third-order valence-corrected chi connectivity index (χ3v) is 4.97. The van der Waals surface area contributed by atoms with Crippen LogP contribution in [-0.2, 0) is 19.2 Å². The molecule has 3 amide bonds. The number of carbonyl (C=O) groups excluding carboxylic acids is 4. The van der Waals surface area contributed by atoms with E-state index in [9.17, 15) is 24.3 Å². The molecule has 3 N–H and O–H groups in total. The highest BCUT2D eigenvalue weighted by Gasteiger charge is 2.51. The van der Waals surface area contributed by atoms with E-state index in [1.165, 1.54) is 16.2 Å². The van der Waals surface area contributed by atoms with E-state index in [0.717, 1.165) is 0 Å². The summed E-state index contributed by atoms with van der Waals surface area (Å²) in [6.07, 6.45) is 2.01. The minimum Gasteiger partial charge on any atom is -0.383 e. The van der Waals surface area contributed by atoms with Gasteiger partial charge in [0.05, 0.1) is 19.0 Å². The lowest BCUT2D eigenvalue weighted by molar-refractivity contribution is -0.142. The molecule has 25 heavy (non-hydrogen) atoms. The maximum absolute atomic E-state index is 12.4. The Bertz CT molecular complexity index is 564. The summed E-state index contributed by atoms with van der Waals surface area (Å²) in [5.41, 5.74) is 5.18. The summed E-state index contributed by atoms with van der Waals surface area (Å²) in [4.78, 5) is 51.0. The van der Waals surface area contributed by atoms with Gasteiger partial charge in [0.25, 0.3) is 5.91 Å². The van der Waals surface area contributed by atoms with Crippen LogP contribution in [0, 0.1) is 12.3 Å². The van der Waals surface area contributed by atoms with Gasteiger partial charge >= 0.3 is 0 Å². The molecule has 2 aliphatic rings. The number of Topliss-reactive ketones (excluding diaryl/α,β-unsaturated/α-hetero) is 1. The molecule has 4 unspecified atom stereocenters. The number of ketones is 1. The zero-order valence-electron chi connectivity index (χ0n) is 14.7. The molecule has 139 valence electrons. The number of hydrogen-bond acceptors (Lipinski definition) is 5. The molecule has 8 nitrogen and oxygen atoms in total. The van der Waals surface area contributed by atoms with Gasteiger partial charge in [0, 0.05) is 12.5 Å². The van der Waals surface area contributed by atoms with Crippen molar-refractivity contribution in [1.82, 2.24) is 9.80 Å². The maximum atomic E-state index is 12.4. The van der Waals surface area contributed by atoms with Crippen molar-refractivity contribution in [3.05, 3.63) is 6.42 Å². The van der Waals surface area contributed by atoms with E-state index in [-0.39, 0.29) is 30.7 Å². The predicted molar refractivity (Wildman–Crippen MR) is 88.8 cm³/mol. The monoisotopic (exact) mass is 352 g/mol. The van der Waals surface area contributed by atoms with Gasteiger partial charge in [-0.3, -0.25) is 19.2 Å². The molecule has 2 heterocycles. The van der Waals surface area contributed by atoms with Crippen LogP contribution in [0.15, 0.2) is 0 Å². The highest BCUT2D eigenvalue weighted by Crippen LogP contribution is 2.31. The number of fused-ring (bicyclic) bond motifs is 1. The molecule has 4 atom stereocenters. The van der Waals surface area contributed by atoms with Crippen molar-refractivity contribution in [1.29, 1.82) is 0 Å². The average molecular weight is 352 g/mol. The van der Waals surface area contributed by atoms with Crippen LogP contribution in [0.1, 0.15) is 39.5 Å². The van der Waals surface area contributed by atoms with E-state index in [0.29, 0.717) is 25.8 Å². The molecule has 0 saturated carbocycles. The van der Waals surface area contributed by atoms with Gasteiger partial charge in [0.2, 0.25) is 11.8 Å². The van der Waals surface area contributed by atoms with E-state index in [1.54, 1.807) is 6.92 Å². The molecule has 2 rings (SSSR count). The third kappa shape index (κ3) is 4.00. The Hall–Kier alpha value is -1.96. The Morgan fingerprint density at radius 3 is 2.64 bits per heavy atom. The largest absolute Gasteiger partial charge is 0.383 e. The van der Waals surface area contributed by atoms with Gasteiger partial charge in [0.15, 0.2) is 5.78 Å². The molecule has 2 fully saturated rings. The molecule has 2 aliphatic heterocycles. The van der Waals surface area contributed by atoms with Gasteiger partial charge in [-0.2, -0.15) is 0 Å². The molecule has 0 aromatic rings. The molecule has 0 aromatic heterocycles. The van der Waals surface area contributed by atoms with Crippen molar-refractivity contribution in [3.8, 4) is 0 Å². The standard InChI is InChI=1S/C17H26N3O5/c1-3-4-12(21)17(25)20-9-13(22)15-11(20)7-8-19(15)14(23)6-5-10(2)16(18)24/h6,10-12,15,21H,3-5,7-9H2,1-2H3,(H2,18,24). The molecule has 0 bridgehead atoms. The summed E-state index contributed by atoms with van der Waals surface area (Å²) >= 11 is 0. The van der Waals surface area contributed by atoms with Crippen molar-refractivity contribution in [3.63, 3.8) is 0 Å². The summed E-state index contributed by atoms with van der Waals surface area (Å²) in [7, 11) is 0. The van der Waals surface area contributed by atoms with E-state index in [1.807, 2.05) is 6.92 Å². The fraction of sp³-hybridized carbons (Fsp3) is 0.706. The minimum atomic E-state index is -1.11. The number of aliphatic hydroxyl groups excluding tert-OH is 1. The van der Waals surface area contributed by atoms with E-state index >= 15 is 0 Å². The maximum Gasteiger partial charge on any atom is 0.252 e. The Morgan fingerprint density at radius 1 is 1.36 bits per heavy atom. The van der Waals surface area contributed by atoms with Crippen molar-refractivity contribution in [2.45, 2.75) is 57.7 Å². The number of carbonyl (C=O) groups is 4. The molecule has 2 saturated heterocycles. The highest BCUT2D eigenvalue weighted by atomic mass is 16.3. The van der Waals surface area contributed by atoms with Gasteiger partial charge < -0.3 is 20.6 Å². The number of rotatable bonds is 7. The lowest BCUT2D eigenvalue weighted by atomic mass is 10.0. The van der Waals surface area contributed by atoms with Crippen molar-refractivity contribution in [2.24, 2.45) is 11.7 Å². The first-order chi connectivity index (χ1) is 11.8. The normalized spacial score (nSPS) is 25.0. The van der Waals surface area contributed by atoms with Crippen LogP contribution in [0.25, 0.3) is 0 Å². The van der Waals surface area contributed by atoms with Crippen LogP contribution in [-0.4, -0.2) is 69.7 Å². The number of primary amides is 1. The van der Waals surface area contributed by atoms with Crippen molar-refractivity contribution >= 4 is 23.5 Å². The van der Waals surface area contributed by atoms with Crippen LogP contribution < -0.4 is 5.73 Å². The van der Waals surface area contributed by atoms with Crippen LogP contribution >= 0.6 is 0 Å². The number of aliphatic hydroxyl groups is 1. The number of nitrogens with zero attached hydrogens (tertiary/aromatic N) is 2. The number of nitrogens with two attached hydrogens (primary N) is 1. The Kier molecular flexibility index (Phi) is 6.16. The summed E-state index contributed by atoms with van der Waals surface area (Å²) < 4.78 is 0. The molecule has 1 radical (unpaired) electrons. The number of hydrogen-bond donors (Lipinski definition) is 2. The minimum absolute atomic E-state index is 0.0730. The highest BCUT2D eigenvalue weighted by molar-refractivity contribution is 5.99. The summed E-state index contributed by atoms with van der Waals surface area (Å²) in [6, 6.07) is -1.04. The van der Waals surface area contributed by atoms with E-state index in [4.69, 9.17) is 5.73 Å². The second-order valence-corrected chi connectivity index (χ2v) is 6.81. The summed E-state index contributed by atoms with van der Waals surface area (Å²) in [5.74, 6) is -1.89. The first-order valence-electron chi connectivity index (χ1n) is 8.72. The van der Waals surface area contributed by atoms with Gasteiger partial charge in [-0.25, -0.2) is 0 Å². The molecule has 0 aliphatic carbocycles. The fourth-order valence-corrected chi connectivity index (χ4v) is 3.46. The third-order valence-electron chi connectivity index (χ3n) is 4.97. The summed E-state index contributed by atoms with van der Waals surface area (Å²) in [5, 5.41) is 9.92. The quantitative estimate of drug-likeness (QED) is 0.624. The second kappa shape index (κ2) is 7.95. The molecule has 0 spiro atoms. The lowest BCUT2D eigenvalue weighted by Crippen LogP contribution is -2.45. The molecule has 0 aromatic carbocycles. The predicted octanol–water partition coefficient (Wildman–Crippen LogP) is -0.756. The van der Waals surface area contributed by atoms with Crippen LogP contribution in [0.4, 0.5) is 0 Å². The van der Waals surface area contributed by atoms with Crippen LogP contribution in [0.5, 0.6) is 0 Å². The SMILES string of the molecule is CCCC(O)C(=O)N1CC(=O)C2C1CCN2C(=O)[CH]CC(C)C(N)=O. The van der Waals surface area contributed by atoms with Crippen molar-refractivity contribution < 1.29 is 24.3 Å². The fourth-order valence-electron chi connectivity index (χ4n) is 3.46. The first-order valence-corrected chi connectivity index (χ1v) is 8.72. The zero-order valence-corrected chi connectivity index (χ0v) is 14.7. The first kappa shape index (κ1) is 19.4. The van der Waals surface area contributed by atoms with Gasteiger partial charge in [-0.15, -0.1) is 0 Å². The van der Waals surface area contributed by atoms with Crippen LogP contribution in [0.3, 0.4) is 0 Å². The Labute approximate surface area is 147 Å². The van der Waals surface area contributed by atoms with E-state index in [2.05, 4.69) is 0 Å². The number of amides is 3. The Balaban J connectivity index is 2.01. The smallest absolute Gasteiger partial charge is 0.252 e. The van der Waals surface area contributed by atoms with Crippen LogP contribution in [0.2, 0.25) is 0 Å². The summed E-state index contributed by atoms with van der Waals surface area (Å²) in [6.45, 7) is 3.80. The topological polar surface area (TPSA) is 121 Å². The molecule has 8 heteroatoms. The lowest BCUT2D eigenvalue weighted by Gasteiger charge is -2.26. The van der Waals surface area contributed by atoms with Gasteiger partial charge in [-0.1, -0.05) is 20.3 Å². The zero-order chi connectivity index (χ0) is 18.7. The average Bonchev–Trinajstić information content (AvgIpc) is 3.13. The Morgan fingerprint density at radius 2 is 2.04 bits per heavy atom. The van der Waals surface area contributed by atoms with Gasteiger partial charge in [0.1, 0.15) is 12.1 Å². The van der Waals surface area contributed by atoms with Gasteiger partial charge in [-0.05, 0) is 19.3 Å². The van der Waals surface area contributed by atoms with Crippen molar-refractivity contribution in [2.75, 3.05) is 13.1 Å². The number of likely N-dealkylation sites (tertiary alicyclic amines) is 2. The second-order valence-electron chi connectivity index (χ2n) is 6.81. The van der Waals surface area contributed by atoms with E-state index < -0.39 is 29.9 Å². The molecular formula is C17H26N3O5.